The lowest BCUT2D eigenvalue weighted by Gasteiger charge is -2.25. The van der Waals surface area contributed by atoms with E-state index in [9.17, 15) is 0 Å². The van der Waals surface area contributed by atoms with Gasteiger partial charge >= 0.3 is 0 Å². The van der Waals surface area contributed by atoms with Crippen molar-refractivity contribution in [1.29, 1.82) is 0 Å². The second-order valence-electron chi connectivity index (χ2n) is 6.41. The number of nitrogens with zero attached hydrogens (tertiary/aromatic N) is 1. The van der Waals surface area contributed by atoms with E-state index in [1.807, 2.05) is 0 Å². The molecule has 0 radical (unpaired) electrons. The Labute approximate surface area is 107 Å². The fraction of sp³-hybridized carbons (Fsp3) is 1.00. The van der Waals surface area contributed by atoms with Crippen molar-refractivity contribution < 1.29 is 0 Å². The number of nitrogens with one attached hydrogen (secondary N) is 1. The fourth-order valence-electron chi connectivity index (χ4n) is 3.51. The zero-order chi connectivity index (χ0) is 12.3. The Morgan fingerprint density at radius 1 is 1.24 bits per heavy atom. The third kappa shape index (κ3) is 3.45. The van der Waals surface area contributed by atoms with Gasteiger partial charge in [0, 0.05) is 18.6 Å². The van der Waals surface area contributed by atoms with Gasteiger partial charge in [0.1, 0.15) is 0 Å². The van der Waals surface area contributed by atoms with Crippen LogP contribution in [0.25, 0.3) is 0 Å². The van der Waals surface area contributed by atoms with E-state index in [0.717, 1.165) is 23.9 Å². The minimum atomic E-state index is 0.804. The van der Waals surface area contributed by atoms with Gasteiger partial charge in [0.15, 0.2) is 0 Å². The molecular formula is C15H30N2. The lowest BCUT2D eigenvalue weighted by atomic mass is 9.95. The maximum atomic E-state index is 3.69. The van der Waals surface area contributed by atoms with E-state index in [1.54, 1.807) is 0 Å². The Bertz CT molecular complexity index is 227. The third-order valence-electron chi connectivity index (χ3n) is 4.80. The molecule has 2 heteroatoms. The van der Waals surface area contributed by atoms with Crippen LogP contribution in [0.1, 0.15) is 52.9 Å². The van der Waals surface area contributed by atoms with Gasteiger partial charge in [-0.1, -0.05) is 20.8 Å². The van der Waals surface area contributed by atoms with E-state index in [1.165, 1.54) is 51.7 Å². The first-order chi connectivity index (χ1) is 8.20. The van der Waals surface area contributed by atoms with Gasteiger partial charge in [-0.05, 0) is 57.0 Å². The molecule has 0 aromatic carbocycles. The lowest BCUT2D eigenvalue weighted by molar-refractivity contribution is 0.225. The smallest absolute Gasteiger partial charge is 0.0111 e. The average Bonchev–Trinajstić information content (AvgIpc) is 2.94. The molecule has 17 heavy (non-hydrogen) atoms. The standard InChI is InChI=1S/C15H30N2/c1-4-8-16-14-5-6-15(10-14)17-9-7-13(11-17)12(2)3/h12-16H,4-11H2,1-3H3. The van der Waals surface area contributed by atoms with Gasteiger partial charge in [-0.2, -0.15) is 0 Å². The van der Waals surface area contributed by atoms with E-state index < -0.39 is 0 Å². The summed E-state index contributed by atoms with van der Waals surface area (Å²) in [5.41, 5.74) is 0. The Morgan fingerprint density at radius 3 is 2.71 bits per heavy atom. The summed E-state index contributed by atoms with van der Waals surface area (Å²) < 4.78 is 0. The summed E-state index contributed by atoms with van der Waals surface area (Å²) in [6.07, 6.45) is 6.91. The first-order valence-corrected chi connectivity index (χ1v) is 7.68. The van der Waals surface area contributed by atoms with Crippen LogP contribution in [0.15, 0.2) is 0 Å². The zero-order valence-electron chi connectivity index (χ0n) is 11.9. The predicted octanol–water partition coefficient (Wildman–Crippen LogP) is 2.89. The summed E-state index contributed by atoms with van der Waals surface area (Å²) in [4.78, 5) is 2.78. The van der Waals surface area contributed by atoms with Crippen molar-refractivity contribution in [3.05, 3.63) is 0 Å². The topological polar surface area (TPSA) is 15.3 Å². The molecule has 100 valence electrons. The Kier molecular flexibility index (Phi) is 4.87. The second-order valence-corrected chi connectivity index (χ2v) is 6.41. The Balaban J connectivity index is 1.74. The van der Waals surface area contributed by atoms with E-state index in [2.05, 4.69) is 31.0 Å². The van der Waals surface area contributed by atoms with Crippen molar-refractivity contribution in [1.82, 2.24) is 10.2 Å². The molecule has 1 aliphatic carbocycles. The average molecular weight is 238 g/mol. The molecule has 2 aliphatic rings. The monoisotopic (exact) mass is 238 g/mol. The first-order valence-electron chi connectivity index (χ1n) is 7.68. The predicted molar refractivity (Wildman–Crippen MR) is 74.2 cm³/mol. The largest absolute Gasteiger partial charge is 0.314 e. The van der Waals surface area contributed by atoms with Crippen molar-refractivity contribution in [2.75, 3.05) is 19.6 Å². The molecule has 2 rings (SSSR count). The summed E-state index contributed by atoms with van der Waals surface area (Å²) in [7, 11) is 0. The minimum Gasteiger partial charge on any atom is -0.314 e. The fourth-order valence-corrected chi connectivity index (χ4v) is 3.51. The normalized spacial score (nSPS) is 34.9. The van der Waals surface area contributed by atoms with Gasteiger partial charge in [-0.15, -0.1) is 0 Å². The molecule has 1 heterocycles. The molecule has 2 nitrogen and oxygen atoms in total. The highest BCUT2D eigenvalue weighted by molar-refractivity contribution is 4.90. The van der Waals surface area contributed by atoms with E-state index >= 15 is 0 Å². The lowest BCUT2D eigenvalue weighted by Crippen LogP contribution is -2.34. The van der Waals surface area contributed by atoms with Crippen molar-refractivity contribution in [2.45, 2.75) is 65.0 Å². The van der Waals surface area contributed by atoms with Crippen LogP contribution in [0, 0.1) is 11.8 Å². The molecular weight excluding hydrogens is 208 g/mol. The van der Waals surface area contributed by atoms with Crippen LogP contribution in [-0.2, 0) is 0 Å². The van der Waals surface area contributed by atoms with Crippen LogP contribution in [0.5, 0.6) is 0 Å². The van der Waals surface area contributed by atoms with Gasteiger partial charge < -0.3 is 10.2 Å². The highest BCUT2D eigenvalue weighted by atomic mass is 15.2. The van der Waals surface area contributed by atoms with Crippen molar-refractivity contribution in [3.63, 3.8) is 0 Å². The summed E-state index contributed by atoms with van der Waals surface area (Å²) in [5, 5.41) is 3.69. The molecule has 0 amide bonds. The summed E-state index contributed by atoms with van der Waals surface area (Å²) >= 11 is 0. The maximum Gasteiger partial charge on any atom is 0.0111 e. The Hall–Kier alpha value is -0.0800. The molecule has 0 spiro atoms. The molecule has 0 aromatic rings. The van der Waals surface area contributed by atoms with Crippen molar-refractivity contribution in [3.8, 4) is 0 Å². The van der Waals surface area contributed by atoms with Gasteiger partial charge in [0.05, 0.1) is 0 Å². The van der Waals surface area contributed by atoms with Crippen LogP contribution >= 0.6 is 0 Å². The number of likely N-dealkylation sites (tertiary alicyclic amines) is 1. The van der Waals surface area contributed by atoms with Crippen molar-refractivity contribution >= 4 is 0 Å². The van der Waals surface area contributed by atoms with Crippen LogP contribution < -0.4 is 5.32 Å². The molecule has 1 aliphatic heterocycles. The van der Waals surface area contributed by atoms with Crippen LogP contribution in [0.3, 0.4) is 0 Å². The molecule has 1 saturated carbocycles. The van der Waals surface area contributed by atoms with Crippen LogP contribution in [-0.4, -0.2) is 36.6 Å². The van der Waals surface area contributed by atoms with Gasteiger partial charge in [-0.25, -0.2) is 0 Å². The van der Waals surface area contributed by atoms with E-state index in [-0.39, 0.29) is 0 Å². The molecule has 0 aromatic heterocycles. The van der Waals surface area contributed by atoms with Gasteiger partial charge in [0.25, 0.3) is 0 Å². The Morgan fingerprint density at radius 2 is 2.06 bits per heavy atom. The highest BCUT2D eigenvalue weighted by Crippen LogP contribution is 2.31. The molecule has 2 fully saturated rings. The quantitative estimate of drug-likeness (QED) is 0.792. The van der Waals surface area contributed by atoms with Crippen LogP contribution in [0.2, 0.25) is 0 Å². The summed E-state index contributed by atoms with van der Waals surface area (Å²) in [6.45, 7) is 10.9. The molecule has 0 bridgehead atoms. The van der Waals surface area contributed by atoms with Crippen LogP contribution in [0.4, 0.5) is 0 Å². The molecule has 1 N–H and O–H groups in total. The SMILES string of the molecule is CCCNC1CCC(N2CCC(C(C)C)C2)C1. The minimum absolute atomic E-state index is 0.804. The second kappa shape index (κ2) is 6.19. The first kappa shape index (κ1) is 13.4. The molecule has 1 saturated heterocycles. The van der Waals surface area contributed by atoms with Gasteiger partial charge in [0.2, 0.25) is 0 Å². The summed E-state index contributed by atoms with van der Waals surface area (Å²) in [5.74, 6) is 1.83. The third-order valence-corrected chi connectivity index (χ3v) is 4.80. The summed E-state index contributed by atoms with van der Waals surface area (Å²) in [6, 6.07) is 1.69. The molecule has 3 atom stereocenters. The van der Waals surface area contributed by atoms with Gasteiger partial charge in [-0.3, -0.25) is 0 Å². The number of hydrogen-bond donors (Lipinski definition) is 1. The number of rotatable bonds is 5. The maximum absolute atomic E-state index is 3.69. The van der Waals surface area contributed by atoms with Crippen molar-refractivity contribution in [2.24, 2.45) is 11.8 Å². The highest BCUT2D eigenvalue weighted by Gasteiger charge is 2.34. The number of hydrogen-bond acceptors (Lipinski definition) is 2. The van der Waals surface area contributed by atoms with E-state index in [0.29, 0.717) is 0 Å². The van der Waals surface area contributed by atoms with E-state index in [4.69, 9.17) is 0 Å². The molecule has 3 unspecified atom stereocenters. The zero-order valence-corrected chi connectivity index (χ0v) is 11.9.